The number of nitrogens with zero attached hydrogens (tertiary/aromatic N) is 5. The minimum absolute atomic E-state index is 0.0302. The lowest BCUT2D eigenvalue weighted by molar-refractivity contribution is 0.102. The Morgan fingerprint density at radius 1 is 1.05 bits per heavy atom. The summed E-state index contributed by atoms with van der Waals surface area (Å²) in [5.41, 5.74) is 0.540. The van der Waals surface area contributed by atoms with Crippen molar-refractivity contribution >= 4 is 29.3 Å². The SMILES string of the molecule is C=CC(=C)n1c(=O)c(C(=O)Nc2ccc(Oc3ccnc(NC(=O)N4CCCC4)c3)cn2)c2n1CCNC2. The molecule has 3 amide bonds. The van der Waals surface area contributed by atoms with Gasteiger partial charge in [0.1, 0.15) is 28.7 Å². The number of carbonyl (C=O) groups is 2. The zero-order chi connectivity index (χ0) is 26.6. The Morgan fingerprint density at radius 3 is 2.61 bits per heavy atom. The zero-order valence-corrected chi connectivity index (χ0v) is 20.8. The minimum atomic E-state index is -0.563. The van der Waals surface area contributed by atoms with Crippen molar-refractivity contribution in [1.29, 1.82) is 0 Å². The lowest BCUT2D eigenvalue weighted by Crippen LogP contribution is -2.32. The second kappa shape index (κ2) is 10.7. The summed E-state index contributed by atoms with van der Waals surface area (Å²) in [6.45, 7) is 10.6. The van der Waals surface area contributed by atoms with E-state index >= 15 is 0 Å². The molecule has 0 spiro atoms. The van der Waals surface area contributed by atoms with Crippen molar-refractivity contribution in [2.45, 2.75) is 25.9 Å². The van der Waals surface area contributed by atoms with E-state index in [4.69, 9.17) is 4.74 Å². The monoisotopic (exact) mass is 516 g/mol. The predicted octanol–water partition coefficient (Wildman–Crippen LogP) is 2.87. The van der Waals surface area contributed by atoms with Crippen LogP contribution < -0.4 is 26.2 Å². The van der Waals surface area contributed by atoms with Gasteiger partial charge in [-0.2, -0.15) is 0 Å². The van der Waals surface area contributed by atoms with Crippen LogP contribution in [0.2, 0.25) is 0 Å². The van der Waals surface area contributed by atoms with Gasteiger partial charge in [0.25, 0.3) is 11.5 Å². The molecule has 3 N–H and O–H groups in total. The number of anilines is 2. The second-order valence-electron chi connectivity index (χ2n) is 8.87. The molecule has 196 valence electrons. The number of ether oxygens (including phenoxy) is 1. The molecule has 3 aromatic heterocycles. The van der Waals surface area contributed by atoms with E-state index in [9.17, 15) is 14.4 Å². The number of aromatic nitrogens is 4. The van der Waals surface area contributed by atoms with Crippen LogP contribution in [0.5, 0.6) is 11.5 Å². The van der Waals surface area contributed by atoms with Gasteiger partial charge < -0.3 is 20.3 Å². The van der Waals surface area contributed by atoms with Crippen molar-refractivity contribution in [3.8, 4) is 11.5 Å². The summed E-state index contributed by atoms with van der Waals surface area (Å²) >= 11 is 0. The molecule has 2 aliphatic heterocycles. The zero-order valence-electron chi connectivity index (χ0n) is 20.8. The highest BCUT2D eigenvalue weighted by Crippen LogP contribution is 2.24. The van der Waals surface area contributed by atoms with Crippen molar-refractivity contribution in [2.24, 2.45) is 0 Å². The summed E-state index contributed by atoms with van der Waals surface area (Å²) in [4.78, 5) is 48.7. The Hall–Kier alpha value is -4.71. The lowest BCUT2D eigenvalue weighted by atomic mass is 10.2. The van der Waals surface area contributed by atoms with Crippen molar-refractivity contribution in [3.05, 3.63) is 77.5 Å². The number of fused-ring (bicyclic) bond motifs is 1. The molecule has 0 aromatic carbocycles. The number of carbonyl (C=O) groups excluding carboxylic acids is 2. The van der Waals surface area contributed by atoms with Gasteiger partial charge in [0, 0.05) is 38.4 Å². The summed E-state index contributed by atoms with van der Waals surface area (Å²) in [7, 11) is 0. The first-order chi connectivity index (χ1) is 18.4. The molecular formula is C26H28N8O4. The van der Waals surface area contributed by atoms with E-state index in [1.165, 1.54) is 23.2 Å². The van der Waals surface area contributed by atoms with E-state index in [1.54, 1.807) is 33.8 Å². The number of nitrogens with one attached hydrogen (secondary N) is 3. The Bertz CT molecular complexity index is 1450. The Morgan fingerprint density at radius 2 is 1.87 bits per heavy atom. The van der Waals surface area contributed by atoms with Gasteiger partial charge in [0.2, 0.25) is 0 Å². The van der Waals surface area contributed by atoms with Crippen LogP contribution in [0.4, 0.5) is 16.4 Å². The molecule has 0 aliphatic carbocycles. The van der Waals surface area contributed by atoms with Crippen LogP contribution >= 0.6 is 0 Å². The first-order valence-corrected chi connectivity index (χ1v) is 12.3. The summed E-state index contributed by atoms with van der Waals surface area (Å²) in [5.74, 6) is 0.957. The Labute approximate surface area is 218 Å². The quantitative estimate of drug-likeness (QED) is 0.411. The summed E-state index contributed by atoms with van der Waals surface area (Å²) < 4.78 is 8.96. The number of hydrogen-bond donors (Lipinski definition) is 3. The maximum atomic E-state index is 13.1. The predicted molar refractivity (Wildman–Crippen MR) is 142 cm³/mol. The smallest absolute Gasteiger partial charge is 0.323 e. The summed E-state index contributed by atoms with van der Waals surface area (Å²) in [6, 6.07) is 6.31. The molecule has 0 radical (unpaired) electrons. The van der Waals surface area contributed by atoms with Gasteiger partial charge in [-0.1, -0.05) is 13.2 Å². The van der Waals surface area contributed by atoms with Crippen LogP contribution in [0, 0.1) is 0 Å². The van der Waals surface area contributed by atoms with Crippen LogP contribution in [-0.2, 0) is 13.1 Å². The van der Waals surface area contributed by atoms with Crippen molar-refractivity contribution in [3.63, 3.8) is 0 Å². The first-order valence-electron chi connectivity index (χ1n) is 12.3. The maximum absolute atomic E-state index is 13.1. The second-order valence-corrected chi connectivity index (χ2v) is 8.87. The standard InChI is InChI=1S/C26H28N8O4/c1-3-17(2)34-25(36)23(20-16-27-10-13-33(20)34)24(35)30-21-7-6-19(15-29-21)38-18-8-9-28-22(14-18)31-26(37)32-11-4-5-12-32/h3,6-9,14-15,27H,1-2,4-5,10-13,16H2,(H,28,31,37)(H,29,30,35). The number of allylic oxidation sites excluding steroid dienone is 2. The molecule has 0 saturated carbocycles. The maximum Gasteiger partial charge on any atom is 0.323 e. The third-order valence-corrected chi connectivity index (χ3v) is 6.35. The van der Waals surface area contributed by atoms with Gasteiger partial charge in [-0.05, 0) is 37.1 Å². The van der Waals surface area contributed by atoms with Crippen LogP contribution in [0.1, 0.15) is 28.9 Å². The molecule has 12 heteroatoms. The van der Waals surface area contributed by atoms with Gasteiger partial charge in [0.15, 0.2) is 0 Å². The molecule has 0 bridgehead atoms. The van der Waals surface area contributed by atoms with E-state index in [-0.39, 0.29) is 17.4 Å². The fourth-order valence-electron chi connectivity index (χ4n) is 4.48. The highest BCUT2D eigenvalue weighted by atomic mass is 16.5. The van der Waals surface area contributed by atoms with E-state index in [0.29, 0.717) is 48.3 Å². The van der Waals surface area contributed by atoms with Crippen LogP contribution in [0.25, 0.3) is 5.70 Å². The Balaban J connectivity index is 1.27. The molecule has 1 saturated heterocycles. The van der Waals surface area contributed by atoms with Gasteiger partial charge >= 0.3 is 6.03 Å². The van der Waals surface area contributed by atoms with Crippen LogP contribution in [0.15, 0.2) is 60.7 Å². The van der Waals surface area contributed by atoms with Crippen molar-refractivity contribution in [1.82, 2.24) is 29.5 Å². The summed E-state index contributed by atoms with van der Waals surface area (Å²) in [6.07, 6.45) is 6.47. The third kappa shape index (κ3) is 5.06. The number of likely N-dealkylation sites (tertiary alicyclic amines) is 1. The molecular weight excluding hydrogens is 488 g/mol. The number of rotatable bonds is 7. The third-order valence-electron chi connectivity index (χ3n) is 6.35. The van der Waals surface area contributed by atoms with E-state index in [0.717, 1.165) is 25.9 Å². The highest BCUT2D eigenvalue weighted by Gasteiger charge is 2.27. The highest BCUT2D eigenvalue weighted by molar-refractivity contribution is 6.04. The molecule has 12 nitrogen and oxygen atoms in total. The Kier molecular flexibility index (Phi) is 7.05. The van der Waals surface area contributed by atoms with Crippen LogP contribution in [0.3, 0.4) is 0 Å². The van der Waals surface area contributed by atoms with Gasteiger partial charge in [-0.3, -0.25) is 19.6 Å². The number of urea groups is 1. The lowest BCUT2D eigenvalue weighted by Gasteiger charge is -2.20. The normalized spacial score (nSPS) is 14.5. The average Bonchev–Trinajstić information content (AvgIpc) is 3.56. The van der Waals surface area contributed by atoms with Gasteiger partial charge in [0.05, 0.1) is 24.1 Å². The molecule has 0 atom stereocenters. The molecule has 3 aromatic rings. The van der Waals surface area contributed by atoms with Crippen LogP contribution in [-0.4, -0.2) is 55.8 Å². The van der Waals surface area contributed by atoms with E-state index in [2.05, 4.69) is 39.1 Å². The molecule has 0 unspecified atom stereocenters. The number of amides is 3. The van der Waals surface area contributed by atoms with E-state index < -0.39 is 11.5 Å². The molecule has 2 aliphatic rings. The molecule has 1 fully saturated rings. The van der Waals surface area contributed by atoms with E-state index in [1.807, 2.05) is 0 Å². The number of hydrogen-bond acceptors (Lipinski definition) is 7. The average molecular weight is 517 g/mol. The molecule has 5 heterocycles. The van der Waals surface area contributed by atoms with Gasteiger partial charge in [-0.25, -0.2) is 19.4 Å². The first kappa shape index (κ1) is 25.0. The molecule has 5 rings (SSSR count). The van der Waals surface area contributed by atoms with Crippen molar-refractivity contribution in [2.75, 3.05) is 30.3 Å². The van der Waals surface area contributed by atoms with Crippen molar-refractivity contribution < 1.29 is 14.3 Å². The number of pyridine rings is 2. The fraction of sp³-hybridized carbons (Fsp3) is 0.269. The fourth-order valence-corrected chi connectivity index (χ4v) is 4.48. The molecule has 38 heavy (non-hydrogen) atoms. The topological polar surface area (TPSA) is 135 Å². The van der Waals surface area contributed by atoms with Gasteiger partial charge in [-0.15, -0.1) is 0 Å². The summed E-state index contributed by atoms with van der Waals surface area (Å²) in [5, 5.41) is 8.66. The largest absolute Gasteiger partial charge is 0.456 e. The minimum Gasteiger partial charge on any atom is -0.456 e.